The number of likely N-dealkylation sites (tertiary alicyclic amines) is 1. The van der Waals surface area contributed by atoms with Gasteiger partial charge in [-0.15, -0.1) is 11.8 Å². The van der Waals surface area contributed by atoms with Crippen LogP contribution >= 0.6 is 46.7 Å². The molecule has 9 amide bonds. The summed E-state index contributed by atoms with van der Waals surface area (Å²) >= 11 is 16.2. The van der Waals surface area contributed by atoms with E-state index in [-0.39, 0.29) is 104 Å². The Morgan fingerprint density at radius 3 is 1.50 bits per heavy atom. The molecule has 1 aliphatic carbocycles. The molecule has 3 unspecified atom stereocenters. The van der Waals surface area contributed by atoms with Crippen LogP contribution in [-0.4, -0.2) is 232 Å². The number of carbonyl (C=O) groups excluding carboxylic acids is 12. The van der Waals surface area contributed by atoms with Crippen molar-refractivity contribution in [2.75, 3.05) is 68.8 Å². The average molecular weight is 1730 g/mol. The topological polar surface area (TPSA) is 360 Å². The van der Waals surface area contributed by atoms with Crippen LogP contribution in [0.4, 0.5) is 21.0 Å². The van der Waals surface area contributed by atoms with Gasteiger partial charge in [-0.05, 0) is 134 Å². The third-order valence-corrected chi connectivity index (χ3v) is 28.4. The number of esters is 2. The largest absolute Gasteiger partial charge is 0.457 e. The maximum absolute atomic E-state index is 14.3. The van der Waals surface area contributed by atoms with Crippen molar-refractivity contribution in [3.05, 3.63) is 104 Å². The van der Waals surface area contributed by atoms with Gasteiger partial charge in [0.15, 0.2) is 0 Å². The van der Waals surface area contributed by atoms with Crippen molar-refractivity contribution >= 4 is 129 Å². The van der Waals surface area contributed by atoms with E-state index in [1.54, 1.807) is 55.8 Å². The summed E-state index contributed by atoms with van der Waals surface area (Å²) in [6.45, 7) is 23.6. The van der Waals surface area contributed by atoms with Crippen LogP contribution in [0.2, 0.25) is 10.0 Å². The van der Waals surface area contributed by atoms with Crippen molar-refractivity contribution in [2.45, 2.75) is 257 Å². The lowest BCUT2D eigenvalue weighted by atomic mass is 9.81. The Bertz CT molecular complexity index is 4330. The van der Waals surface area contributed by atoms with Gasteiger partial charge in [0, 0.05) is 121 Å². The molecule has 8 bridgehead atoms. The second kappa shape index (κ2) is 40.0. The SMILES string of the molecule is CCC(=O)CSCCC(=O)N(C)[C@@H](C)C(=O)O[C@H]1CC(=O)N(C)c2cc(cc(C)c2Cl)C/C(C)=C/C=C/[C@@H](C)[C@@]2(O)CC(OC(=O)N2)[C@@H](C)[C@@H]2O[C@@]12C.CNC(=O)C1CCC(CN2C(=O)CC(SCCC(=O)N(C)[C@@H](C)C(=O)O[C@H]3CC(=O)N(C)c4cc(cc(C)c4Cl)C/C(C)=C/C=C/[C@@H](C)[C@@]4(O)CC(OC(=O)N4)[C@@H](C)[C@@H]4O[C@@]34C)C2=O)CC1. The lowest BCUT2D eigenvalue weighted by Crippen LogP contribution is -2.60. The highest BCUT2D eigenvalue weighted by Gasteiger charge is 2.66. The molecule has 5 saturated heterocycles. The van der Waals surface area contributed by atoms with Gasteiger partial charge < -0.3 is 63.6 Å². The number of aryl methyl sites for hydroxylation is 2. The van der Waals surface area contributed by atoms with Crippen molar-refractivity contribution < 1.29 is 96.2 Å². The zero-order valence-corrected chi connectivity index (χ0v) is 74.9. The van der Waals surface area contributed by atoms with E-state index in [2.05, 4.69) is 16.0 Å². The molecule has 17 atom stereocenters. The van der Waals surface area contributed by atoms with E-state index < -0.39 is 130 Å². The summed E-state index contributed by atoms with van der Waals surface area (Å²) in [5.74, 6) is -4.27. The Kier molecular flexibility index (Phi) is 31.9. The minimum absolute atomic E-state index is 0.0162. The maximum Gasteiger partial charge on any atom is 0.409 e. The molecular weight excluding hydrogens is 1610 g/mol. The number of alkyl carbamates (subject to hydrolysis) is 2. The van der Waals surface area contributed by atoms with Crippen molar-refractivity contribution in [2.24, 2.45) is 35.5 Å². The highest BCUT2D eigenvalue weighted by atomic mass is 35.5. The van der Waals surface area contributed by atoms with E-state index in [4.69, 9.17) is 51.6 Å². The number of likely N-dealkylation sites (N-methyl/N-ethyl adjacent to an activating group) is 2. The van der Waals surface area contributed by atoms with Gasteiger partial charge in [0.05, 0.1) is 57.5 Å². The van der Waals surface area contributed by atoms with Gasteiger partial charge in [0.1, 0.15) is 64.9 Å². The quantitative estimate of drug-likeness (QED) is 0.0287. The summed E-state index contributed by atoms with van der Waals surface area (Å²) in [6.07, 6.45) is 8.71. The predicted molar refractivity (Wildman–Crippen MR) is 454 cm³/mol. The normalized spacial score (nSPS) is 32.4. The number of thioether (sulfide) groups is 2. The number of hydrogen-bond acceptors (Lipinski definition) is 22. The summed E-state index contributed by atoms with van der Waals surface area (Å²) in [5.41, 5.74) is 0.734. The Morgan fingerprint density at radius 2 is 1.08 bits per heavy atom. The minimum atomic E-state index is -1.64. The number of epoxide rings is 2. The molecule has 1 saturated carbocycles. The van der Waals surface area contributed by atoms with Crippen LogP contribution in [0.15, 0.2) is 71.9 Å². The Hall–Kier alpha value is -7.84. The van der Waals surface area contributed by atoms with Crippen LogP contribution in [0.5, 0.6) is 0 Å². The van der Waals surface area contributed by atoms with Crippen LogP contribution in [-0.2, 0) is 89.2 Å². The first-order chi connectivity index (χ1) is 55.9. The summed E-state index contributed by atoms with van der Waals surface area (Å²) in [6, 6.07) is 5.56. The van der Waals surface area contributed by atoms with Gasteiger partial charge in [-0.3, -0.25) is 53.9 Å². The molecule has 32 heteroatoms. The zero-order valence-electron chi connectivity index (χ0n) is 71.7. The zero-order chi connectivity index (χ0) is 87.8. The fraction of sp³-hybridized carbons (Fsp3) is 0.632. The van der Waals surface area contributed by atoms with Gasteiger partial charge in [0.25, 0.3) is 0 Å². The monoisotopic (exact) mass is 1730 g/mol. The van der Waals surface area contributed by atoms with Gasteiger partial charge in [0.2, 0.25) is 41.4 Å². The Balaban J connectivity index is 0.000000278. The molecule has 5 N–H and O–H groups in total. The number of imide groups is 1. The molecule has 0 spiro atoms. The van der Waals surface area contributed by atoms with Gasteiger partial charge >= 0.3 is 24.1 Å². The molecule has 2 aromatic carbocycles. The molecule has 28 nitrogen and oxygen atoms in total. The predicted octanol–water partition coefficient (Wildman–Crippen LogP) is 10.8. The molecule has 654 valence electrons. The first-order valence-corrected chi connectivity index (χ1v) is 44.1. The first-order valence-electron chi connectivity index (χ1n) is 41.1. The maximum atomic E-state index is 14.3. The molecule has 2 aromatic rings. The number of benzene rings is 2. The number of nitrogens with one attached hydrogen (secondary N) is 3. The second-order valence-electron chi connectivity index (χ2n) is 34.0. The van der Waals surface area contributed by atoms with Crippen molar-refractivity contribution in [1.29, 1.82) is 0 Å². The molecule has 8 aliphatic rings. The smallest absolute Gasteiger partial charge is 0.409 e. The number of halogens is 2. The summed E-state index contributed by atoms with van der Waals surface area (Å²) < 4.78 is 36.2. The third-order valence-electron chi connectivity index (χ3n) is 25.2. The van der Waals surface area contributed by atoms with Gasteiger partial charge in [-0.2, -0.15) is 11.8 Å². The highest BCUT2D eigenvalue weighted by molar-refractivity contribution is 8.00. The molecule has 7 aliphatic heterocycles. The molecule has 10 rings (SSSR count). The Morgan fingerprint density at radius 1 is 0.647 bits per heavy atom. The van der Waals surface area contributed by atoms with E-state index >= 15 is 0 Å². The van der Waals surface area contributed by atoms with E-state index in [0.29, 0.717) is 71.6 Å². The summed E-state index contributed by atoms with van der Waals surface area (Å²) in [4.78, 5) is 165. The summed E-state index contributed by atoms with van der Waals surface area (Å²) in [7, 11) is 7.84. The molecule has 119 heavy (non-hydrogen) atoms. The number of nitrogens with zero attached hydrogens (tertiary/aromatic N) is 5. The molecular formula is C87H120Cl2N8O20S2. The number of anilines is 2. The van der Waals surface area contributed by atoms with Crippen molar-refractivity contribution in [1.82, 2.24) is 30.7 Å². The van der Waals surface area contributed by atoms with E-state index in [0.717, 1.165) is 46.2 Å². The van der Waals surface area contributed by atoms with E-state index in [1.807, 2.05) is 109 Å². The van der Waals surface area contributed by atoms with Gasteiger partial charge in [-0.25, -0.2) is 19.2 Å². The third kappa shape index (κ3) is 22.9. The highest BCUT2D eigenvalue weighted by Crippen LogP contribution is 2.52. The number of allylic oxidation sites excluding steroid dienone is 6. The number of ketones is 1. The lowest BCUT2D eigenvalue weighted by molar-refractivity contribution is -0.162. The minimum Gasteiger partial charge on any atom is -0.457 e. The standard InChI is InChI=1S/C48H66ClN5O11S.C39H54ClN3O9S/c1-26-11-10-12-28(3)48(62)24-35(63-46(61)51-48)29(4)42-47(6,65-42)37(23-39(56)53(9)34-21-32(19-26)20-27(2)41(34)49)64-45(60)30(5)52(8)38(55)17-18-66-36-22-40(57)54(44(36)59)25-31-13-15-33(16-14-31)43(58)50-7;1-10-28(44)21-53-15-14-32(45)42(8)26(6)36(47)51-31-19-33(46)43(9)29-18-27(17-23(3)34(29)40)16-22(2)12-11-13-24(4)39(49)20-30(50-37(48)41-39)25(5)35-38(31,7)52-35/h10-12,20-21,28-31,33,35-37,42,62H,13-19,22-25H2,1-9H3,(H,50,58)(H,51,61);11-13,17-18,24-26,30-31,35,49H,10,14-16,19-21H2,1-9H3,(H,41,48)/b12-10+,26-11+;13-11+,22-12+/t28-,29-,30+,31?,33?,35?,36?,37+,42+,47+,48+;24-,25-,26+,30?,31+,35+,38+,39+/m11/s1. The lowest BCUT2D eigenvalue weighted by Gasteiger charge is -2.41. The average Bonchev–Trinajstić information content (AvgIpc) is 1.57. The van der Waals surface area contributed by atoms with Crippen LogP contribution in [0.1, 0.15) is 175 Å². The van der Waals surface area contributed by atoms with Crippen LogP contribution < -0.4 is 25.8 Å². The second-order valence-corrected chi connectivity index (χ2v) is 37.2. The number of carbonyl (C=O) groups is 12. The van der Waals surface area contributed by atoms with Crippen molar-refractivity contribution in [3.8, 4) is 0 Å². The fourth-order valence-corrected chi connectivity index (χ4v) is 18.9. The van der Waals surface area contributed by atoms with Crippen LogP contribution in [0.25, 0.3) is 0 Å². The number of rotatable bonds is 19. The number of amides is 9. The number of aliphatic hydroxyl groups is 2. The Labute approximate surface area is 717 Å². The van der Waals surface area contributed by atoms with Crippen molar-refractivity contribution in [3.63, 3.8) is 0 Å². The van der Waals surface area contributed by atoms with Crippen LogP contribution in [0.3, 0.4) is 0 Å². The summed E-state index contributed by atoms with van der Waals surface area (Å²) in [5, 5.41) is 31.5. The number of fused-ring (bicyclic) bond motifs is 10. The molecule has 0 radical (unpaired) electrons. The number of Topliss-reactive ketones (excluding diaryl/α,β-unsaturated/α-hetero) is 1. The fourth-order valence-electron chi connectivity index (χ4n) is 16.5. The molecule has 7 heterocycles. The number of ether oxygens (including phenoxy) is 6. The van der Waals surface area contributed by atoms with E-state index in [1.165, 1.54) is 69.0 Å². The number of hydrogen-bond donors (Lipinski definition) is 5. The van der Waals surface area contributed by atoms with Crippen LogP contribution in [0, 0.1) is 49.4 Å². The molecule has 0 aromatic heterocycles. The molecule has 6 fully saturated rings. The van der Waals surface area contributed by atoms with E-state index in [9.17, 15) is 67.7 Å². The first kappa shape index (κ1) is 95.0. The van der Waals surface area contributed by atoms with Gasteiger partial charge in [-0.1, -0.05) is 118 Å².